The van der Waals surface area contributed by atoms with Crippen molar-refractivity contribution >= 4 is 10.8 Å². The van der Waals surface area contributed by atoms with Crippen LogP contribution < -0.4 is 9.47 Å². The van der Waals surface area contributed by atoms with E-state index < -0.39 is 36.0 Å². The van der Waals surface area contributed by atoms with Crippen molar-refractivity contribution in [3.63, 3.8) is 0 Å². The summed E-state index contributed by atoms with van der Waals surface area (Å²) in [6.45, 7) is -1.61. The fourth-order valence-corrected chi connectivity index (χ4v) is 3.48. The van der Waals surface area contributed by atoms with Gasteiger partial charge in [0, 0.05) is 22.6 Å². The number of alkyl halides is 3. The predicted octanol–water partition coefficient (Wildman–Crippen LogP) is 7.54. The molecular weight excluding hydrogens is 446 g/mol. The first-order valence-electron chi connectivity index (χ1n) is 9.72. The van der Waals surface area contributed by atoms with Crippen LogP contribution in [-0.4, -0.2) is 19.9 Å². The van der Waals surface area contributed by atoms with Crippen LogP contribution in [0.5, 0.6) is 11.5 Å². The topological polar surface area (TPSA) is 18.5 Å². The molecule has 4 aromatic rings. The summed E-state index contributed by atoms with van der Waals surface area (Å²) >= 11 is 0. The molecule has 0 heterocycles. The van der Waals surface area contributed by atoms with Gasteiger partial charge in [-0.2, -0.15) is 13.2 Å². The van der Waals surface area contributed by atoms with Crippen LogP contribution in [0.3, 0.4) is 0 Å². The van der Waals surface area contributed by atoms with Crippen LogP contribution in [0.1, 0.15) is 0 Å². The molecular formula is C25H16F6O2. The van der Waals surface area contributed by atoms with Crippen LogP contribution >= 0.6 is 0 Å². The van der Waals surface area contributed by atoms with Crippen molar-refractivity contribution in [2.45, 2.75) is 6.18 Å². The number of methoxy groups -OCH3 is 1. The van der Waals surface area contributed by atoms with Gasteiger partial charge in [-0.25, -0.2) is 13.2 Å². The van der Waals surface area contributed by atoms with Crippen molar-refractivity contribution in [3.8, 4) is 33.8 Å². The average Bonchev–Trinajstić information content (AvgIpc) is 2.77. The number of benzene rings is 4. The molecule has 0 N–H and O–H groups in total. The Morgan fingerprint density at radius 3 is 2.00 bits per heavy atom. The van der Waals surface area contributed by atoms with Crippen LogP contribution in [0.15, 0.2) is 66.7 Å². The second kappa shape index (κ2) is 8.69. The second-order valence-corrected chi connectivity index (χ2v) is 7.26. The zero-order valence-corrected chi connectivity index (χ0v) is 17.1. The molecule has 0 saturated carbocycles. The maximum atomic E-state index is 14.9. The van der Waals surface area contributed by atoms with Crippen LogP contribution in [0, 0.1) is 17.5 Å². The van der Waals surface area contributed by atoms with E-state index >= 15 is 0 Å². The minimum absolute atomic E-state index is 0.0377. The summed E-state index contributed by atoms with van der Waals surface area (Å²) in [5.74, 6) is -2.30. The van der Waals surface area contributed by atoms with Gasteiger partial charge in [0.15, 0.2) is 18.2 Å². The van der Waals surface area contributed by atoms with Gasteiger partial charge in [0.25, 0.3) is 0 Å². The third-order valence-corrected chi connectivity index (χ3v) is 5.08. The Bertz CT molecular complexity index is 1330. The summed E-state index contributed by atoms with van der Waals surface area (Å²) in [5.41, 5.74) is 1.15. The fourth-order valence-electron chi connectivity index (χ4n) is 3.48. The third kappa shape index (κ3) is 4.74. The molecule has 8 heteroatoms. The van der Waals surface area contributed by atoms with E-state index in [1.54, 1.807) is 12.1 Å². The predicted molar refractivity (Wildman–Crippen MR) is 113 cm³/mol. The van der Waals surface area contributed by atoms with E-state index in [1.165, 1.54) is 55.6 Å². The maximum absolute atomic E-state index is 14.9. The molecule has 0 aliphatic heterocycles. The number of hydrogen-bond acceptors (Lipinski definition) is 2. The molecule has 4 rings (SSSR count). The van der Waals surface area contributed by atoms with E-state index in [1.807, 2.05) is 0 Å². The molecule has 4 aromatic carbocycles. The lowest BCUT2D eigenvalue weighted by atomic mass is 9.97. The summed E-state index contributed by atoms with van der Waals surface area (Å²) in [6.07, 6.45) is -4.59. The number of ether oxygens (including phenoxy) is 2. The highest BCUT2D eigenvalue weighted by molar-refractivity contribution is 5.89. The highest BCUT2D eigenvalue weighted by Crippen LogP contribution is 2.34. The second-order valence-electron chi connectivity index (χ2n) is 7.26. The van der Waals surface area contributed by atoms with E-state index in [0.29, 0.717) is 22.3 Å². The molecule has 0 aromatic heterocycles. The highest BCUT2D eigenvalue weighted by atomic mass is 19.4. The van der Waals surface area contributed by atoms with Crippen LogP contribution in [0.25, 0.3) is 33.0 Å². The first-order chi connectivity index (χ1) is 15.7. The minimum atomic E-state index is -4.59. The zero-order valence-electron chi connectivity index (χ0n) is 17.1. The first kappa shape index (κ1) is 22.5. The highest BCUT2D eigenvalue weighted by Gasteiger charge is 2.29. The van der Waals surface area contributed by atoms with Crippen molar-refractivity contribution in [3.05, 3.63) is 84.2 Å². The number of fused-ring (bicyclic) bond motifs is 1. The van der Waals surface area contributed by atoms with Gasteiger partial charge >= 0.3 is 6.18 Å². The Balaban J connectivity index is 1.66. The molecule has 0 saturated heterocycles. The fraction of sp³-hybridized carbons (Fsp3) is 0.120. The van der Waals surface area contributed by atoms with Crippen LogP contribution in [0.4, 0.5) is 26.3 Å². The van der Waals surface area contributed by atoms with Gasteiger partial charge in [0.2, 0.25) is 0 Å². The quantitative estimate of drug-likeness (QED) is 0.285. The van der Waals surface area contributed by atoms with E-state index in [-0.39, 0.29) is 16.5 Å². The zero-order chi connectivity index (χ0) is 23.8. The lowest BCUT2D eigenvalue weighted by molar-refractivity contribution is -0.153. The molecule has 0 spiro atoms. The number of halogens is 6. The van der Waals surface area contributed by atoms with Gasteiger partial charge in [-0.15, -0.1) is 0 Å². The van der Waals surface area contributed by atoms with E-state index in [0.717, 1.165) is 6.07 Å². The molecule has 33 heavy (non-hydrogen) atoms. The van der Waals surface area contributed by atoms with Crippen LogP contribution in [-0.2, 0) is 0 Å². The Hall–Kier alpha value is -3.68. The summed E-state index contributed by atoms with van der Waals surface area (Å²) in [6, 6.07) is 15.3. The van der Waals surface area contributed by atoms with E-state index in [2.05, 4.69) is 4.74 Å². The van der Waals surface area contributed by atoms with Gasteiger partial charge < -0.3 is 9.47 Å². The molecule has 0 amide bonds. The SMILES string of the molecule is COc1ccc(-c2ccc(-c3ccc4c(F)c(OCC(F)(F)F)ccc4c3)c(F)c2)c(F)c1. The molecule has 0 aliphatic carbocycles. The number of hydrogen-bond donors (Lipinski definition) is 0. The van der Waals surface area contributed by atoms with Crippen molar-refractivity contribution in [1.82, 2.24) is 0 Å². The molecule has 0 aliphatic rings. The lowest BCUT2D eigenvalue weighted by Gasteiger charge is -2.12. The van der Waals surface area contributed by atoms with Crippen molar-refractivity contribution in [1.29, 1.82) is 0 Å². The summed E-state index contributed by atoms with van der Waals surface area (Å²) in [4.78, 5) is 0. The van der Waals surface area contributed by atoms with Crippen molar-refractivity contribution in [2.75, 3.05) is 13.7 Å². The Morgan fingerprint density at radius 2 is 1.36 bits per heavy atom. The van der Waals surface area contributed by atoms with E-state index in [9.17, 15) is 26.3 Å². The first-order valence-corrected chi connectivity index (χ1v) is 9.72. The molecule has 0 unspecified atom stereocenters. The van der Waals surface area contributed by atoms with E-state index in [4.69, 9.17) is 4.74 Å². The van der Waals surface area contributed by atoms with Gasteiger partial charge in [0.1, 0.15) is 17.4 Å². The minimum Gasteiger partial charge on any atom is -0.497 e. The Morgan fingerprint density at radius 1 is 0.727 bits per heavy atom. The van der Waals surface area contributed by atoms with Gasteiger partial charge in [0.05, 0.1) is 7.11 Å². The summed E-state index contributed by atoms with van der Waals surface area (Å²) in [7, 11) is 1.41. The van der Waals surface area contributed by atoms with Crippen molar-refractivity contribution in [2.24, 2.45) is 0 Å². The molecule has 0 radical (unpaired) electrons. The third-order valence-electron chi connectivity index (χ3n) is 5.08. The average molecular weight is 462 g/mol. The smallest absolute Gasteiger partial charge is 0.422 e. The monoisotopic (exact) mass is 462 g/mol. The molecule has 0 atom stereocenters. The molecule has 2 nitrogen and oxygen atoms in total. The largest absolute Gasteiger partial charge is 0.497 e. The molecule has 0 bridgehead atoms. The Kier molecular flexibility index (Phi) is 5.93. The Labute approximate surface area is 185 Å². The number of rotatable bonds is 5. The normalized spacial score (nSPS) is 11.6. The molecule has 170 valence electrons. The molecule has 0 fully saturated rings. The maximum Gasteiger partial charge on any atom is 0.422 e. The van der Waals surface area contributed by atoms with Crippen LogP contribution in [0.2, 0.25) is 0 Å². The van der Waals surface area contributed by atoms with Gasteiger partial charge in [-0.1, -0.05) is 30.3 Å². The summed E-state index contributed by atoms with van der Waals surface area (Å²) < 4.78 is 90.4. The van der Waals surface area contributed by atoms with Gasteiger partial charge in [-0.3, -0.25) is 0 Å². The lowest BCUT2D eigenvalue weighted by Crippen LogP contribution is -2.19. The van der Waals surface area contributed by atoms with Crippen molar-refractivity contribution < 1.29 is 35.8 Å². The standard InChI is InChI=1S/C25H16F6O2/c1-32-17-5-8-19(22(27)12-17)16-2-6-18(21(26)11-16)14-3-7-20-15(10-14)4-9-23(24(20)28)33-13-25(29,30)31/h2-12H,13H2,1H3. The summed E-state index contributed by atoms with van der Waals surface area (Å²) in [5, 5.41) is 0.393. The van der Waals surface area contributed by atoms with Gasteiger partial charge in [-0.05, 0) is 46.8 Å².